The van der Waals surface area contributed by atoms with Crippen molar-refractivity contribution in [2.45, 2.75) is 0 Å². The zero-order valence-corrected chi connectivity index (χ0v) is 19.2. The Morgan fingerprint density at radius 2 is 1.26 bits per heavy atom. The lowest BCUT2D eigenvalue weighted by Crippen LogP contribution is -1.90. The van der Waals surface area contributed by atoms with Gasteiger partial charge in [0.05, 0.1) is 32.3 Å². The van der Waals surface area contributed by atoms with Crippen LogP contribution in [0.4, 0.5) is 11.4 Å². The minimum Gasteiger partial charge on any atom is -0.398 e. The summed E-state index contributed by atoms with van der Waals surface area (Å²) in [6.45, 7) is 0. The predicted molar refractivity (Wildman–Crippen MR) is 137 cm³/mol. The first-order valence-electron chi connectivity index (χ1n) is 10.1. The zero-order valence-electron chi connectivity index (χ0n) is 17.5. The van der Waals surface area contributed by atoms with Crippen LogP contribution < -0.4 is 5.73 Å². The first kappa shape index (κ1) is 21.6. The lowest BCUT2D eigenvalue weighted by molar-refractivity contribution is -0.384. The van der Waals surface area contributed by atoms with Gasteiger partial charge in [0.25, 0.3) is 5.69 Å². The van der Waals surface area contributed by atoms with Gasteiger partial charge in [-0.25, -0.2) is 9.97 Å². The van der Waals surface area contributed by atoms with E-state index in [1.165, 1.54) is 17.4 Å². The molecule has 166 valence electrons. The van der Waals surface area contributed by atoms with Crippen molar-refractivity contribution in [3.8, 4) is 21.1 Å². The Hall–Kier alpha value is -4.28. The van der Waals surface area contributed by atoms with Gasteiger partial charge in [0, 0.05) is 29.7 Å². The molecule has 2 aromatic carbocycles. The molecule has 0 unspecified atom stereocenters. The molecule has 0 spiro atoms. The number of hydrogen-bond donors (Lipinski definition) is 1. The number of nitrogen functional groups attached to an aromatic ring is 1. The van der Waals surface area contributed by atoms with Gasteiger partial charge in [0.15, 0.2) is 0 Å². The Balaban J connectivity index is 0.000000142. The van der Waals surface area contributed by atoms with Crippen LogP contribution in [0.5, 0.6) is 0 Å². The molecule has 0 atom stereocenters. The van der Waals surface area contributed by atoms with E-state index in [9.17, 15) is 10.1 Å². The van der Waals surface area contributed by atoms with Crippen LogP contribution in [-0.2, 0) is 0 Å². The number of nitrogens with two attached hydrogens (primary N) is 1. The summed E-state index contributed by atoms with van der Waals surface area (Å²) in [6, 6.07) is 18.2. The maximum absolute atomic E-state index is 11.0. The third-order valence-electron chi connectivity index (χ3n) is 4.90. The number of thiazole rings is 2. The Labute approximate surface area is 201 Å². The van der Waals surface area contributed by atoms with Crippen LogP contribution in [0.3, 0.4) is 0 Å². The summed E-state index contributed by atoms with van der Waals surface area (Å²) in [7, 11) is 0. The number of anilines is 1. The van der Waals surface area contributed by atoms with Crippen LogP contribution in [-0.4, -0.2) is 24.9 Å². The highest BCUT2D eigenvalue weighted by Gasteiger charge is 2.17. The number of nitro benzene ring substituents is 1. The lowest BCUT2D eigenvalue weighted by Gasteiger charge is -1.99. The van der Waals surface area contributed by atoms with Crippen LogP contribution in [0.15, 0.2) is 85.5 Å². The summed E-state index contributed by atoms with van der Waals surface area (Å²) >= 11 is 3.06. The molecule has 8 nitrogen and oxygen atoms in total. The quantitative estimate of drug-likeness (QED) is 0.180. The second-order valence-corrected chi connectivity index (χ2v) is 9.15. The van der Waals surface area contributed by atoms with Crippen molar-refractivity contribution in [3.05, 3.63) is 95.6 Å². The van der Waals surface area contributed by atoms with Gasteiger partial charge in [-0.05, 0) is 30.3 Å². The van der Waals surface area contributed by atoms with E-state index in [1.807, 2.05) is 36.4 Å². The maximum atomic E-state index is 11.0. The molecular weight excluding hydrogens is 468 g/mol. The molecule has 2 N–H and O–H groups in total. The Morgan fingerprint density at radius 1 is 0.735 bits per heavy atom. The molecule has 0 saturated heterocycles. The molecule has 4 aromatic heterocycles. The first-order chi connectivity index (χ1) is 16.6. The second kappa shape index (κ2) is 9.30. The molecule has 10 heteroatoms. The van der Waals surface area contributed by atoms with Crippen molar-refractivity contribution in [3.63, 3.8) is 0 Å². The van der Waals surface area contributed by atoms with Crippen molar-refractivity contribution >= 4 is 54.5 Å². The number of rotatable bonds is 3. The van der Waals surface area contributed by atoms with Crippen molar-refractivity contribution in [2.24, 2.45) is 0 Å². The van der Waals surface area contributed by atoms with Gasteiger partial charge < -0.3 is 5.73 Å². The van der Waals surface area contributed by atoms with Gasteiger partial charge in [-0.2, -0.15) is 0 Å². The van der Waals surface area contributed by atoms with E-state index in [4.69, 9.17) is 5.73 Å². The predicted octanol–water partition coefficient (Wildman–Crippen LogP) is 6.21. The lowest BCUT2D eigenvalue weighted by atomic mass is 10.2. The highest BCUT2D eigenvalue weighted by molar-refractivity contribution is 7.22. The third kappa shape index (κ3) is 4.32. The van der Waals surface area contributed by atoms with Crippen molar-refractivity contribution in [1.82, 2.24) is 19.9 Å². The van der Waals surface area contributed by atoms with Crippen molar-refractivity contribution < 1.29 is 4.92 Å². The maximum Gasteiger partial charge on any atom is 0.279 e. The minimum atomic E-state index is -0.389. The molecular formula is C24H16N6O2S2. The molecule has 0 amide bonds. The van der Waals surface area contributed by atoms with Crippen LogP contribution in [0.1, 0.15) is 0 Å². The molecule has 0 aliphatic heterocycles. The number of benzene rings is 2. The van der Waals surface area contributed by atoms with E-state index in [0.717, 1.165) is 36.7 Å². The van der Waals surface area contributed by atoms with Gasteiger partial charge in [-0.15, -0.1) is 22.7 Å². The number of para-hydroxylation sites is 2. The van der Waals surface area contributed by atoms with E-state index in [-0.39, 0.29) is 10.6 Å². The fourth-order valence-electron chi connectivity index (χ4n) is 3.30. The van der Waals surface area contributed by atoms with Crippen molar-refractivity contribution in [2.75, 3.05) is 5.73 Å². The first-order valence-corrected chi connectivity index (χ1v) is 11.7. The largest absolute Gasteiger partial charge is 0.398 e. The number of nitro groups is 1. The second-order valence-electron chi connectivity index (χ2n) is 7.09. The smallest absolute Gasteiger partial charge is 0.279 e. The van der Waals surface area contributed by atoms with E-state index < -0.39 is 0 Å². The third-order valence-corrected chi connectivity index (χ3v) is 7.04. The number of nitrogens with zero attached hydrogens (tertiary/aromatic N) is 5. The van der Waals surface area contributed by atoms with Crippen molar-refractivity contribution in [1.29, 1.82) is 0 Å². The highest BCUT2D eigenvalue weighted by atomic mass is 32.1. The van der Waals surface area contributed by atoms with Gasteiger partial charge in [-0.1, -0.05) is 24.3 Å². The average molecular weight is 485 g/mol. The monoisotopic (exact) mass is 484 g/mol. The minimum absolute atomic E-state index is 0.0736. The molecule has 34 heavy (non-hydrogen) atoms. The van der Waals surface area contributed by atoms with Crippen LogP contribution in [0.25, 0.3) is 41.6 Å². The Bertz CT molecular complexity index is 1560. The molecule has 0 radical (unpaired) electrons. The Morgan fingerprint density at radius 3 is 1.82 bits per heavy atom. The number of aromatic nitrogens is 4. The van der Waals surface area contributed by atoms with Gasteiger partial charge in [-0.3, -0.25) is 20.1 Å². The molecule has 0 aliphatic carbocycles. The average Bonchev–Trinajstić information content (AvgIpc) is 3.49. The summed E-state index contributed by atoms with van der Waals surface area (Å²) in [4.78, 5) is 27.5. The fraction of sp³-hybridized carbons (Fsp3) is 0. The van der Waals surface area contributed by atoms with Gasteiger partial charge in [0.1, 0.15) is 21.0 Å². The molecule has 0 saturated carbocycles. The van der Waals surface area contributed by atoms with E-state index in [2.05, 4.69) is 19.9 Å². The van der Waals surface area contributed by atoms with Crippen LogP contribution in [0, 0.1) is 10.1 Å². The summed E-state index contributed by atoms with van der Waals surface area (Å²) < 4.78 is 2.10. The molecule has 6 aromatic rings. The summed E-state index contributed by atoms with van der Waals surface area (Å²) in [5.74, 6) is 0. The highest BCUT2D eigenvalue weighted by Crippen LogP contribution is 2.35. The van der Waals surface area contributed by atoms with E-state index in [0.29, 0.717) is 10.6 Å². The fourth-order valence-corrected chi connectivity index (χ4v) is 5.24. The summed E-state index contributed by atoms with van der Waals surface area (Å²) in [6.07, 6.45) is 6.89. The van der Waals surface area contributed by atoms with Gasteiger partial charge >= 0.3 is 0 Å². The van der Waals surface area contributed by atoms with E-state index in [1.54, 1.807) is 54.3 Å². The van der Waals surface area contributed by atoms with Gasteiger partial charge in [0.2, 0.25) is 0 Å². The summed E-state index contributed by atoms with van der Waals surface area (Å²) in [5.41, 5.74) is 9.97. The number of fused-ring (bicyclic) bond motifs is 2. The standard InChI is InChI=1S/C12H7N3O2S.C12H9N3S/c16-15(17)10-4-2-1-3-8(10)12-14-9-7-13-6-5-11(9)18-12;13-9-4-2-1-3-8(9)12-15-10-7-14-6-5-11(10)16-12/h1-7H;1-7H,13H2. The van der Waals surface area contributed by atoms with Crippen LogP contribution in [0.2, 0.25) is 0 Å². The molecule has 4 heterocycles. The molecule has 0 bridgehead atoms. The normalized spacial score (nSPS) is 10.7. The summed E-state index contributed by atoms with van der Waals surface area (Å²) in [5, 5.41) is 12.6. The molecule has 0 aliphatic rings. The zero-order chi connectivity index (χ0) is 23.5. The SMILES string of the molecule is Nc1ccccc1-c1nc2cnccc2s1.O=[N+]([O-])c1ccccc1-c1nc2cnccc2s1. The molecule has 0 fully saturated rings. The molecule has 6 rings (SSSR count). The topological polar surface area (TPSA) is 121 Å². The number of hydrogen-bond acceptors (Lipinski definition) is 9. The van der Waals surface area contributed by atoms with Crippen LogP contribution >= 0.6 is 22.7 Å². The Kier molecular flexibility index (Phi) is 5.90. The van der Waals surface area contributed by atoms with E-state index >= 15 is 0 Å². The number of pyridine rings is 2.